The number of halogens is 2. The van der Waals surface area contributed by atoms with Gasteiger partial charge < -0.3 is 5.11 Å². The zero-order valence-corrected chi connectivity index (χ0v) is 13.2. The van der Waals surface area contributed by atoms with Gasteiger partial charge >= 0.3 is 5.97 Å². The Hall–Kier alpha value is -0.990. The molecule has 0 saturated carbocycles. The van der Waals surface area contributed by atoms with Crippen molar-refractivity contribution in [2.75, 3.05) is 0 Å². The molecule has 0 fully saturated rings. The van der Waals surface area contributed by atoms with Crippen LogP contribution in [0.2, 0.25) is 0 Å². The summed E-state index contributed by atoms with van der Waals surface area (Å²) in [5.41, 5.74) is 0. The molecule has 1 atom stereocenters. The molecule has 0 bridgehead atoms. The molecular weight excluding hydrogens is 353 g/mol. The predicted octanol–water partition coefficient (Wildman–Crippen LogP) is 2.51. The van der Waals surface area contributed by atoms with Gasteiger partial charge in [-0.3, -0.25) is 4.79 Å². The van der Waals surface area contributed by atoms with E-state index in [0.717, 1.165) is 24.6 Å². The van der Waals surface area contributed by atoms with E-state index in [1.807, 2.05) is 6.92 Å². The molecule has 0 aliphatic rings. The molecule has 0 saturated heterocycles. The number of nitrogens with one attached hydrogen (secondary N) is 1. The van der Waals surface area contributed by atoms with Crippen LogP contribution in [-0.2, 0) is 14.8 Å². The molecule has 0 amide bonds. The number of carboxylic acids is 1. The maximum Gasteiger partial charge on any atom is 0.321 e. The summed E-state index contributed by atoms with van der Waals surface area (Å²) >= 11 is 2.96. The first-order valence-electron chi connectivity index (χ1n) is 5.98. The van der Waals surface area contributed by atoms with Crippen LogP contribution in [0, 0.1) is 5.82 Å². The maximum atomic E-state index is 13.0. The van der Waals surface area contributed by atoms with Crippen molar-refractivity contribution in [1.82, 2.24) is 4.72 Å². The molecule has 0 spiro atoms. The number of rotatable bonds is 7. The van der Waals surface area contributed by atoms with E-state index in [2.05, 4.69) is 20.7 Å². The Bertz CT molecular complexity index is 591. The predicted molar refractivity (Wildman–Crippen MR) is 75.4 cm³/mol. The third-order valence-electron chi connectivity index (χ3n) is 2.63. The smallest absolute Gasteiger partial charge is 0.321 e. The van der Waals surface area contributed by atoms with Gasteiger partial charge in [-0.2, -0.15) is 4.72 Å². The van der Waals surface area contributed by atoms with Gasteiger partial charge in [0.25, 0.3) is 0 Å². The number of unbranched alkanes of at least 4 members (excludes halogenated alkanes) is 1. The number of hydrogen-bond donors (Lipinski definition) is 2. The highest BCUT2D eigenvalue weighted by Gasteiger charge is 2.26. The summed E-state index contributed by atoms with van der Waals surface area (Å²) in [5, 5.41) is 9.02. The first-order chi connectivity index (χ1) is 9.27. The zero-order valence-electron chi connectivity index (χ0n) is 10.8. The molecule has 1 aromatic carbocycles. The molecular formula is C12H15BrFNO4S. The molecule has 1 aromatic rings. The fourth-order valence-corrected chi connectivity index (χ4v) is 3.86. The summed E-state index contributed by atoms with van der Waals surface area (Å²) in [6.07, 6.45) is 1.54. The molecule has 112 valence electrons. The van der Waals surface area contributed by atoms with Crippen molar-refractivity contribution >= 4 is 31.9 Å². The van der Waals surface area contributed by atoms with Gasteiger partial charge in [-0.25, -0.2) is 12.8 Å². The Balaban J connectivity index is 3.00. The number of hydrogen-bond acceptors (Lipinski definition) is 3. The normalized spacial score (nSPS) is 13.2. The van der Waals surface area contributed by atoms with E-state index in [4.69, 9.17) is 5.11 Å². The maximum absolute atomic E-state index is 13.0. The van der Waals surface area contributed by atoms with E-state index in [-0.39, 0.29) is 15.8 Å². The van der Waals surface area contributed by atoms with Crippen molar-refractivity contribution in [3.63, 3.8) is 0 Å². The highest BCUT2D eigenvalue weighted by atomic mass is 79.9. The van der Waals surface area contributed by atoms with Crippen LogP contribution in [-0.4, -0.2) is 25.5 Å². The fraction of sp³-hybridized carbons (Fsp3) is 0.417. The highest BCUT2D eigenvalue weighted by Crippen LogP contribution is 2.23. The Morgan fingerprint density at radius 2 is 2.15 bits per heavy atom. The average molecular weight is 368 g/mol. The van der Waals surface area contributed by atoms with Gasteiger partial charge in [0, 0.05) is 4.47 Å². The van der Waals surface area contributed by atoms with Crippen LogP contribution >= 0.6 is 15.9 Å². The molecule has 5 nitrogen and oxygen atoms in total. The lowest BCUT2D eigenvalue weighted by Crippen LogP contribution is -2.40. The van der Waals surface area contributed by atoms with Gasteiger partial charge in [-0.15, -0.1) is 0 Å². The first-order valence-corrected chi connectivity index (χ1v) is 8.25. The Morgan fingerprint density at radius 1 is 1.50 bits per heavy atom. The van der Waals surface area contributed by atoms with E-state index >= 15 is 0 Å². The molecule has 0 radical (unpaired) electrons. The fourth-order valence-electron chi connectivity index (χ4n) is 1.58. The van der Waals surface area contributed by atoms with Gasteiger partial charge in [-0.05, 0) is 40.5 Å². The molecule has 1 rings (SSSR count). The summed E-state index contributed by atoms with van der Waals surface area (Å²) < 4.78 is 39.4. The second kappa shape index (κ2) is 7.14. The Morgan fingerprint density at radius 3 is 2.65 bits per heavy atom. The van der Waals surface area contributed by atoms with Crippen LogP contribution in [0.25, 0.3) is 0 Å². The topological polar surface area (TPSA) is 83.5 Å². The van der Waals surface area contributed by atoms with Gasteiger partial charge in [0.15, 0.2) is 0 Å². The molecule has 2 N–H and O–H groups in total. The molecule has 0 heterocycles. The van der Waals surface area contributed by atoms with E-state index in [1.54, 1.807) is 0 Å². The van der Waals surface area contributed by atoms with E-state index in [1.165, 1.54) is 0 Å². The number of carbonyl (C=O) groups is 1. The minimum absolute atomic E-state index is 0.0460. The molecule has 0 aliphatic heterocycles. The minimum atomic E-state index is -4.03. The van der Waals surface area contributed by atoms with Crippen molar-refractivity contribution in [3.8, 4) is 0 Å². The third kappa shape index (κ3) is 4.53. The monoisotopic (exact) mass is 367 g/mol. The Kier molecular flexibility index (Phi) is 6.09. The van der Waals surface area contributed by atoms with Gasteiger partial charge in [0.1, 0.15) is 11.9 Å². The quantitative estimate of drug-likeness (QED) is 0.775. The summed E-state index contributed by atoms with van der Waals surface area (Å²) in [6, 6.07) is 1.90. The van der Waals surface area contributed by atoms with Crippen LogP contribution in [0.15, 0.2) is 27.6 Å². The number of sulfonamides is 1. The molecule has 1 unspecified atom stereocenters. The van der Waals surface area contributed by atoms with Crippen molar-refractivity contribution in [2.24, 2.45) is 0 Å². The van der Waals surface area contributed by atoms with Crippen LogP contribution in [0.4, 0.5) is 4.39 Å². The van der Waals surface area contributed by atoms with Gasteiger partial charge in [0.2, 0.25) is 10.0 Å². The van der Waals surface area contributed by atoms with E-state index in [0.29, 0.717) is 6.42 Å². The van der Waals surface area contributed by atoms with Crippen molar-refractivity contribution in [1.29, 1.82) is 0 Å². The number of aliphatic carboxylic acids is 1. The average Bonchev–Trinajstić information content (AvgIpc) is 2.33. The first kappa shape index (κ1) is 17.1. The highest BCUT2D eigenvalue weighted by molar-refractivity contribution is 9.10. The van der Waals surface area contributed by atoms with Crippen molar-refractivity contribution < 1.29 is 22.7 Å². The summed E-state index contributed by atoms with van der Waals surface area (Å²) in [5.74, 6) is -1.82. The second-order valence-corrected chi connectivity index (χ2v) is 6.77. The number of carboxylic acid groups (broad SMARTS) is 1. The zero-order chi connectivity index (χ0) is 15.3. The van der Waals surface area contributed by atoms with Crippen LogP contribution < -0.4 is 4.72 Å². The minimum Gasteiger partial charge on any atom is -0.480 e. The lowest BCUT2D eigenvalue weighted by molar-refractivity contribution is -0.139. The molecule has 0 aromatic heterocycles. The van der Waals surface area contributed by atoms with Crippen LogP contribution in [0.1, 0.15) is 26.2 Å². The van der Waals surface area contributed by atoms with Crippen LogP contribution in [0.5, 0.6) is 0 Å². The van der Waals surface area contributed by atoms with E-state index < -0.39 is 27.9 Å². The van der Waals surface area contributed by atoms with Gasteiger partial charge in [-0.1, -0.05) is 19.8 Å². The summed E-state index contributed by atoms with van der Waals surface area (Å²) in [7, 11) is -4.03. The Labute approximate surface area is 125 Å². The standard InChI is InChI=1S/C12H15BrFNO4S/c1-2-3-4-10(12(16)17)15-20(18,19)11-6-5-8(14)7-9(11)13/h5-7,10,15H,2-4H2,1H3,(H,16,17). The molecule has 8 heteroatoms. The van der Waals surface area contributed by atoms with Crippen molar-refractivity contribution in [2.45, 2.75) is 37.1 Å². The SMILES string of the molecule is CCCCC(NS(=O)(=O)c1ccc(F)cc1Br)C(=O)O. The second-order valence-electron chi connectivity index (χ2n) is 4.23. The number of benzene rings is 1. The van der Waals surface area contributed by atoms with Crippen LogP contribution in [0.3, 0.4) is 0 Å². The molecule has 20 heavy (non-hydrogen) atoms. The third-order valence-corrected chi connectivity index (χ3v) is 5.07. The van der Waals surface area contributed by atoms with E-state index in [9.17, 15) is 17.6 Å². The summed E-state index contributed by atoms with van der Waals surface area (Å²) in [4.78, 5) is 10.9. The lowest BCUT2D eigenvalue weighted by atomic mass is 10.1. The largest absolute Gasteiger partial charge is 0.480 e. The van der Waals surface area contributed by atoms with Gasteiger partial charge in [0.05, 0.1) is 4.90 Å². The molecule has 0 aliphatic carbocycles. The van der Waals surface area contributed by atoms with Crippen molar-refractivity contribution in [3.05, 3.63) is 28.5 Å². The lowest BCUT2D eigenvalue weighted by Gasteiger charge is -2.15. The summed E-state index contributed by atoms with van der Waals surface area (Å²) in [6.45, 7) is 1.88.